The topological polar surface area (TPSA) is 61.0 Å². The van der Waals surface area contributed by atoms with E-state index in [1.165, 1.54) is 0 Å². The van der Waals surface area contributed by atoms with Crippen molar-refractivity contribution in [3.05, 3.63) is 187 Å². The fourth-order valence-electron chi connectivity index (χ4n) is 6.80. The third-order valence-electron chi connectivity index (χ3n) is 9.03. The van der Waals surface area contributed by atoms with E-state index in [4.69, 9.17) is 24.4 Å². The zero-order chi connectivity index (χ0) is 34.6. The fraction of sp³-hybridized carbons (Fsp3) is 0.0889. The molecule has 1 aliphatic heterocycles. The minimum absolute atomic E-state index is 0.474. The maximum Gasteiger partial charge on any atom is 0.265 e. The van der Waals surface area contributed by atoms with Gasteiger partial charge in [-0.15, -0.1) is 0 Å². The number of nitrogens with zero attached hydrogens (tertiary/aromatic N) is 4. The molecule has 51 heavy (non-hydrogen) atoms. The Hall–Kier alpha value is -6.53. The summed E-state index contributed by atoms with van der Waals surface area (Å²) in [6.45, 7) is 2.47. The Balaban J connectivity index is 1.60. The molecule has 6 heteroatoms. The summed E-state index contributed by atoms with van der Waals surface area (Å²) >= 11 is 0. The van der Waals surface area contributed by atoms with E-state index >= 15 is 0 Å². The van der Waals surface area contributed by atoms with Crippen molar-refractivity contribution in [1.82, 2.24) is 9.55 Å². The monoisotopic (exact) mass is 664 g/mol. The van der Waals surface area contributed by atoms with Crippen LogP contribution in [0.4, 0.5) is 0 Å². The number of hydrogen-bond donors (Lipinski definition) is 0. The van der Waals surface area contributed by atoms with Crippen molar-refractivity contribution < 1.29 is 9.47 Å². The quantitative estimate of drug-likeness (QED) is 0.146. The van der Waals surface area contributed by atoms with Crippen LogP contribution in [0.1, 0.15) is 23.6 Å². The van der Waals surface area contributed by atoms with Crippen molar-refractivity contribution in [2.24, 2.45) is 9.98 Å². The number of para-hydroxylation sites is 2. The van der Waals surface area contributed by atoms with Crippen LogP contribution >= 0.6 is 0 Å². The van der Waals surface area contributed by atoms with E-state index in [1.807, 2.05) is 110 Å². The van der Waals surface area contributed by atoms with Crippen LogP contribution in [-0.4, -0.2) is 34.7 Å². The number of hydrogen-bond acceptors (Lipinski definition) is 5. The molecule has 248 valence electrons. The third kappa shape index (κ3) is 5.71. The van der Waals surface area contributed by atoms with Crippen LogP contribution in [0.5, 0.6) is 11.5 Å². The van der Waals surface area contributed by atoms with Gasteiger partial charge in [0.2, 0.25) is 0 Å². The zero-order valence-corrected chi connectivity index (χ0v) is 28.5. The van der Waals surface area contributed by atoms with E-state index in [-0.39, 0.29) is 0 Å². The predicted octanol–water partition coefficient (Wildman–Crippen LogP) is 9.94. The highest BCUT2D eigenvalue weighted by atomic mass is 16.5. The first-order chi connectivity index (χ1) is 25.2. The smallest absolute Gasteiger partial charge is 0.265 e. The van der Waals surface area contributed by atoms with Crippen molar-refractivity contribution in [3.63, 3.8) is 0 Å². The number of rotatable bonds is 10. The third-order valence-corrected chi connectivity index (χ3v) is 9.03. The molecule has 7 aromatic rings. The maximum absolute atomic E-state index is 6.41. The van der Waals surface area contributed by atoms with Gasteiger partial charge in [0, 0.05) is 22.3 Å². The molecule has 1 aromatic heterocycles. The Morgan fingerprint density at radius 1 is 0.529 bits per heavy atom. The first-order valence-electron chi connectivity index (χ1n) is 17.1. The molecule has 0 unspecified atom stereocenters. The van der Waals surface area contributed by atoms with Crippen molar-refractivity contribution in [3.8, 4) is 45.4 Å². The number of imidazole rings is 1. The van der Waals surface area contributed by atoms with Crippen LogP contribution in [0.2, 0.25) is 0 Å². The molecule has 0 spiro atoms. The number of ether oxygens (including phenoxy) is 2. The molecule has 1 aliphatic rings. The molecule has 0 aliphatic carbocycles. The van der Waals surface area contributed by atoms with Gasteiger partial charge in [-0.3, -0.25) is 4.57 Å². The molecule has 0 amide bonds. The van der Waals surface area contributed by atoms with Gasteiger partial charge < -0.3 is 9.47 Å². The van der Waals surface area contributed by atoms with E-state index in [9.17, 15) is 0 Å². The van der Waals surface area contributed by atoms with Crippen LogP contribution in [0.25, 0.3) is 33.9 Å². The Morgan fingerprint density at radius 3 is 1.55 bits per heavy atom. The van der Waals surface area contributed by atoms with Crippen molar-refractivity contribution in [2.45, 2.75) is 12.7 Å². The second-order valence-electron chi connectivity index (χ2n) is 12.1. The van der Waals surface area contributed by atoms with Gasteiger partial charge in [-0.05, 0) is 31.2 Å². The highest BCUT2D eigenvalue weighted by Crippen LogP contribution is 2.49. The normalized spacial score (nSPS) is 13.4. The lowest BCUT2D eigenvalue weighted by Crippen LogP contribution is -2.32. The summed E-state index contributed by atoms with van der Waals surface area (Å²) < 4.78 is 14.6. The first-order valence-corrected chi connectivity index (χ1v) is 17.1. The Bertz CT molecular complexity index is 2290. The summed E-state index contributed by atoms with van der Waals surface area (Å²) in [7, 11) is 1.69. The minimum atomic E-state index is -1.40. The van der Waals surface area contributed by atoms with Crippen LogP contribution in [0.3, 0.4) is 0 Å². The number of aliphatic imine (C=N–C) groups is 2. The van der Waals surface area contributed by atoms with Crippen molar-refractivity contribution in [1.29, 1.82) is 0 Å². The van der Waals surface area contributed by atoms with E-state index < -0.39 is 5.79 Å². The largest absolute Gasteiger partial charge is 0.496 e. The second-order valence-corrected chi connectivity index (χ2v) is 12.1. The van der Waals surface area contributed by atoms with Gasteiger partial charge in [-0.25, -0.2) is 15.0 Å². The van der Waals surface area contributed by atoms with E-state index in [1.54, 1.807) is 7.11 Å². The predicted molar refractivity (Wildman–Crippen MR) is 206 cm³/mol. The molecule has 2 heterocycles. The maximum atomic E-state index is 6.41. The minimum Gasteiger partial charge on any atom is -0.496 e. The molecule has 0 bridgehead atoms. The standard InChI is InChI=1S/C45H36N4O2/c1-3-51-39-31-19-17-29-37(39)45(47-40(32-20-8-4-9-21-32)41(48-45)33-22-10-5-11-23-33)49-43(35-26-14-7-15-27-35)42(34-24-12-6-13-25-34)46-44(49)36-28-16-18-30-38(36)50-2/h4-31H,3H2,1-2H3. The van der Waals surface area contributed by atoms with Gasteiger partial charge in [-0.2, -0.15) is 0 Å². The Morgan fingerprint density at radius 2 is 1.00 bits per heavy atom. The molecule has 0 N–H and O–H groups in total. The van der Waals surface area contributed by atoms with E-state index in [0.29, 0.717) is 23.9 Å². The summed E-state index contributed by atoms with van der Waals surface area (Å²) in [5.41, 5.74) is 8.66. The molecular weight excluding hydrogens is 629 g/mol. The lowest BCUT2D eigenvalue weighted by molar-refractivity contribution is 0.315. The molecule has 0 fully saturated rings. The molecule has 0 atom stereocenters. The average Bonchev–Trinajstić information content (AvgIpc) is 3.81. The average molecular weight is 665 g/mol. The van der Waals surface area contributed by atoms with E-state index in [0.717, 1.165) is 56.2 Å². The summed E-state index contributed by atoms with van der Waals surface area (Å²) in [5, 5.41) is 0. The lowest BCUT2D eigenvalue weighted by atomic mass is 10.0. The number of benzene rings is 6. The van der Waals surface area contributed by atoms with Gasteiger partial charge >= 0.3 is 0 Å². The molecule has 8 rings (SSSR count). The van der Waals surface area contributed by atoms with Crippen molar-refractivity contribution in [2.75, 3.05) is 13.7 Å². The lowest BCUT2D eigenvalue weighted by Gasteiger charge is -2.31. The molecule has 0 saturated carbocycles. The summed E-state index contributed by atoms with van der Waals surface area (Å²) in [4.78, 5) is 17.1. The second kappa shape index (κ2) is 13.8. The van der Waals surface area contributed by atoms with Gasteiger partial charge in [0.25, 0.3) is 5.79 Å². The number of aromatic nitrogens is 2. The van der Waals surface area contributed by atoms with E-state index in [2.05, 4.69) is 71.3 Å². The highest BCUT2D eigenvalue weighted by molar-refractivity contribution is 6.54. The highest BCUT2D eigenvalue weighted by Gasteiger charge is 2.47. The van der Waals surface area contributed by atoms with Crippen molar-refractivity contribution >= 4 is 11.4 Å². The Labute approximate surface area is 298 Å². The van der Waals surface area contributed by atoms with Gasteiger partial charge in [0.15, 0.2) is 0 Å². The SMILES string of the molecule is CCOc1ccccc1C1(n2c(-c3ccccc3OC)nc(-c3ccccc3)c2-c2ccccc2)N=C(c2ccccc2)C(c2ccccc2)=N1. The first kappa shape index (κ1) is 31.7. The van der Waals surface area contributed by atoms with Gasteiger partial charge in [-0.1, -0.05) is 146 Å². The molecule has 6 nitrogen and oxygen atoms in total. The molecule has 0 saturated heterocycles. The molecule has 6 aromatic carbocycles. The van der Waals surface area contributed by atoms with Crippen LogP contribution in [0.15, 0.2) is 180 Å². The van der Waals surface area contributed by atoms with Gasteiger partial charge in [0.1, 0.15) is 17.3 Å². The number of methoxy groups -OCH3 is 1. The fourth-order valence-corrected chi connectivity index (χ4v) is 6.80. The summed E-state index contributed by atoms with van der Waals surface area (Å²) in [6, 6.07) is 57.3. The zero-order valence-electron chi connectivity index (χ0n) is 28.5. The Kier molecular flexibility index (Phi) is 8.56. The van der Waals surface area contributed by atoms with Crippen LogP contribution < -0.4 is 9.47 Å². The van der Waals surface area contributed by atoms with Crippen LogP contribution in [0, 0.1) is 0 Å². The molecular formula is C45H36N4O2. The van der Waals surface area contributed by atoms with Gasteiger partial charge in [0.05, 0.1) is 47.7 Å². The molecule has 0 radical (unpaired) electrons. The summed E-state index contributed by atoms with van der Waals surface area (Å²) in [5.74, 6) is 0.636. The summed E-state index contributed by atoms with van der Waals surface area (Å²) in [6.07, 6.45) is 0. The van der Waals surface area contributed by atoms with Crippen LogP contribution in [-0.2, 0) is 5.79 Å².